The number of hydrogen-bond donors (Lipinski definition) is 1. The molecule has 1 aliphatic rings. The third-order valence-corrected chi connectivity index (χ3v) is 5.26. The fourth-order valence-electron chi connectivity index (χ4n) is 3.66. The van der Waals surface area contributed by atoms with Gasteiger partial charge in [0.15, 0.2) is 0 Å². The summed E-state index contributed by atoms with van der Waals surface area (Å²) in [6.07, 6.45) is 6.44. The molecule has 2 aromatic carbocycles. The number of halogens is 1. The first kappa shape index (κ1) is 21.5. The molecule has 1 unspecified atom stereocenters. The number of aliphatic imine (C=N–C) groups is 1. The van der Waals surface area contributed by atoms with E-state index < -0.39 is 0 Å². The van der Waals surface area contributed by atoms with Crippen LogP contribution in [-0.4, -0.2) is 36.5 Å². The molecule has 0 saturated heterocycles. The number of allylic oxidation sites excluding steroid dienone is 2. The Bertz CT molecular complexity index is 1250. The summed E-state index contributed by atoms with van der Waals surface area (Å²) in [6.45, 7) is 2.95. The zero-order valence-corrected chi connectivity index (χ0v) is 18.4. The van der Waals surface area contributed by atoms with Crippen molar-refractivity contribution in [1.29, 1.82) is 0 Å². The Kier molecular flexibility index (Phi) is 6.49. The fraction of sp³-hybridized carbons (Fsp3) is 0.292. The van der Waals surface area contributed by atoms with Crippen LogP contribution < -0.4 is 20.4 Å². The second-order valence-electron chi connectivity index (χ2n) is 7.26. The molecule has 166 valence electrons. The average molecular weight is 436 g/mol. The van der Waals surface area contributed by atoms with Gasteiger partial charge in [-0.2, -0.15) is 0 Å². The Balaban J connectivity index is 1.82. The number of methoxy groups -OCH3 is 2. The smallest absolute Gasteiger partial charge is 0.229 e. The Morgan fingerprint density at radius 1 is 1.25 bits per heavy atom. The maximum atomic E-state index is 14.6. The van der Waals surface area contributed by atoms with Gasteiger partial charge in [0.05, 0.1) is 27.3 Å². The second kappa shape index (κ2) is 9.64. The van der Waals surface area contributed by atoms with Crippen molar-refractivity contribution >= 4 is 22.9 Å². The summed E-state index contributed by atoms with van der Waals surface area (Å²) in [7, 11) is 3.21. The first-order chi connectivity index (χ1) is 15.7. The molecule has 1 aromatic heterocycles. The van der Waals surface area contributed by atoms with Gasteiger partial charge in [-0.05, 0) is 36.8 Å². The lowest BCUT2D eigenvalue weighted by Crippen LogP contribution is -2.26. The maximum absolute atomic E-state index is 14.6. The molecule has 0 aliphatic carbocycles. The van der Waals surface area contributed by atoms with Gasteiger partial charge in [0.25, 0.3) is 0 Å². The Hall–Kier alpha value is -3.68. The highest BCUT2D eigenvalue weighted by atomic mass is 19.1. The maximum Gasteiger partial charge on any atom is 0.229 e. The van der Waals surface area contributed by atoms with Crippen molar-refractivity contribution in [3.05, 3.63) is 65.5 Å². The summed E-state index contributed by atoms with van der Waals surface area (Å²) >= 11 is 0. The van der Waals surface area contributed by atoms with Crippen LogP contribution in [0.5, 0.6) is 11.5 Å². The number of anilines is 1. The number of fused-ring (bicyclic) bond motifs is 3. The number of aromatic nitrogens is 2. The molecule has 4 rings (SSSR count). The minimum atomic E-state index is -0.385. The lowest BCUT2D eigenvalue weighted by molar-refractivity contribution is 0.391. The molecule has 0 amide bonds. The third kappa shape index (κ3) is 4.21. The van der Waals surface area contributed by atoms with Crippen LogP contribution >= 0.6 is 0 Å². The number of para-hydroxylation sites is 1. The molecule has 1 atom stereocenters. The molecule has 0 saturated carbocycles. The van der Waals surface area contributed by atoms with Gasteiger partial charge < -0.3 is 14.8 Å². The van der Waals surface area contributed by atoms with E-state index in [4.69, 9.17) is 14.5 Å². The van der Waals surface area contributed by atoms with E-state index in [0.29, 0.717) is 35.6 Å². The minimum Gasteiger partial charge on any atom is -0.497 e. The van der Waals surface area contributed by atoms with E-state index in [0.717, 1.165) is 17.8 Å². The lowest BCUT2D eigenvalue weighted by Gasteiger charge is -2.12. The van der Waals surface area contributed by atoms with Gasteiger partial charge in [-0.25, -0.2) is 14.4 Å². The van der Waals surface area contributed by atoms with E-state index in [9.17, 15) is 4.39 Å². The first-order valence-electron chi connectivity index (χ1n) is 10.5. The van der Waals surface area contributed by atoms with Crippen molar-refractivity contribution in [3.63, 3.8) is 0 Å². The van der Waals surface area contributed by atoms with E-state index in [1.165, 1.54) is 6.07 Å². The summed E-state index contributed by atoms with van der Waals surface area (Å²) in [5.41, 5.74) is 1.55. The average Bonchev–Trinajstić information content (AvgIpc) is 3.25. The van der Waals surface area contributed by atoms with Gasteiger partial charge in [-0.1, -0.05) is 19.1 Å². The van der Waals surface area contributed by atoms with Gasteiger partial charge in [0, 0.05) is 23.2 Å². The van der Waals surface area contributed by atoms with Crippen LogP contribution in [0.4, 0.5) is 10.2 Å². The van der Waals surface area contributed by atoms with Crippen molar-refractivity contribution in [2.24, 2.45) is 9.98 Å². The SMILES string of the molecule is CC/C=C\C=NC1CNc2c3cccc(F)c3nc(=NCc3ccc(OC)cc3OC)n21. The molecule has 8 heteroatoms. The molecule has 0 fully saturated rings. The highest BCUT2D eigenvalue weighted by Crippen LogP contribution is 2.30. The van der Waals surface area contributed by atoms with Crippen LogP contribution in [0.1, 0.15) is 25.1 Å². The summed E-state index contributed by atoms with van der Waals surface area (Å²) in [4.78, 5) is 14.0. The van der Waals surface area contributed by atoms with Gasteiger partial charge in [0.1, 0.15) is 34.8 Å². The molecule has 0 spiro atoms. The van der Waals surface area contributed by atoms with Gasteiger partial charge in [0.2, 0.25) is 5.62 Å². The van der Waals surface area contributed by atoms with Gasteiger partial charge in [-0.15, -0.1) is 0 Å². The highest BCUT2D eigenvalue weighted by molar-refractivity contribution is 5.90. The molecule has 3 aromatic rings. The van der Waals surface area contributed by atoms with Crippen molar-refractivity contribution in [2.75, 3.05) is 26.1 Å². The van der Waals surface area contributed by atoms with E-state index in [1.807, 2.05) is 41.0 Å². The van der Waals surface area contributed by atoms with Crippen LogP contribution in [0.3, 0.4) is 0 Å². The number of rotatable bonds is 7. The summed E-state index contributed by atoms with van der Waals surface area (Å²) in [5, 5.41) is 4.06. The number of hydrogen-bond acceptors (Lipinski definition) is 6. The first-order valence-corrected chi connectivity index (χ1v) is 10.5. The number of nitrogens with one attached hydrogen (secondary N) is 1. The van der Waals surface area contributed by atoms with Crippen molar-refractivity contribution in [3.8, 4) is 11.5 Å². The van der Waals surface area contributed by atoms with Crippen molar-refractivity contribution in [1.82, 2.24) is 9.55 Å². The zero-order valence-electron chi connectivity index (χ0n) is 18.4. The third-order valence-electron chi connectivity index (χ3n) is 5.26. The number of ether oxygens (including phenoxy) is 2. The highest BCUT2D eigenvalue weighted by Gasteiger charge is 2.24. The predicted molar refractivity (Wildman–Crippen MR) is 124 cm³/mol. The largest absolute Gasteiger partial charge is 0.497 e. The van der Waals surface area contributed by atoms with Gasteiger partial charge in [-0.3, -0.25) is 9.56 Å². The van der Waals surface area contributed by atoms with Crippen molar-refractivity contribution < 1.29 is 13.9 Å². The van der Waals surface area contributed by atoms with E-state index in [1.54, 1.807) is 26.5 Å². The molecule has 2 heterocycles. The van der Waals surface area contributed by atoms with Crippen LogP contribution in [-0.2, 0) is 6.54 Å². The van der Waals surface area contributed by atoms with E-state index in [-0.39, 0.29) is 17.5 Å². The Labute approximate surface area is 186 Å². The number of nitrogens with zero attached hydrogens (tertiary/aromatic N) is 4. The summed E-state index contributed by atoms with van der Waals surface area (Å²) in [5.74, 6) is 1.74. The number of benzene rings is 2. The van der Waals surface area contributed by atoms with E-state index >= 15 is 0 Å². The van der Waals surface area contributed by atoms with Gasteiger partial charge >= 0.3 is 0 Å². The minimum absolute atomic E-state index is 0.233. The Morgan fingerprint density at radius 3 is 2.91 bits per heavy atom. The monoisotopic (exact) mass is 435 g/mol. The molecule has 0 bridgehead atoms. The zero-order chi connectivity index (χ0) is 22.5. The second-order valence-corrected chi connectivity index (χ2v) is 7.26. The molecule has 7 nitrogen and oxygen atoms in total. The van der Waals surface area contributed by atoms with Crippen LogP contribution in [0, 0.1) is 5.82 Å². The quantitative estimate of drug-likeness (QED) is 0.563. The van der Waals surface area contributed by atoms with Crippen LogP contribution in [0.2, 0.25) is 0 Å². The van der Waals surface area contributed by atoms with Crippen molar-refractivity contribution in [2.45, 2.75) is 26.1 Å². The molecular formula is C24H26FN5O2. The van der Waals surface area contributed by atoms with Crippen LogP contribution in [0.25, 0.3) is 10.9 Å². The Morgan fingerprint density at radius 2 is 2.12 bits per heavy atom. The standard InChI is InChI=1S/C24H26FN5O2/c1-4-5-6-12-26-21-15-27-23-18-8-7-9-19(25)22(18)29-24(30(21)23)28-14-16-10-11-17(31-2)13-20(16)32-3/h5-13,21,27H,4,14-15H2,1-3H3/b6-5-,26-12?,28-24?. The lowest BCUT2D eigenvalue weighted by atomic mass is 10.2. The molecule has 1 aliphatic heterocycles. The van der Waals surface area contributed by atoms with Crippen LogP contribution in [0.15, 0.2) is 58.5 Å². The fourth-order valence-corrected chi connectivity index (χ4v) is 3.66. The molecule has 32 heavy (non-hydrogen) atoms. The summed E-state index contributed by atoms with van der Waals surface area (Å²) in [6, 6.07) is 10.5. The molecular weight excluding hydrogens is 409 g/mol. The normalized spacial score (nSPS) is 16.1. The topological polar surface area (TPSA) is 73.0 Å². The molecule has 1 N–H and O–H groups in total. The molecule has 0 radical (unpaired) electrons. The predicted octanol–water partition coefficient (Wildman–Crippen LogP) is 4.25. The van der Waals surface area contributed by atoms with E-state index in [2.05, 4.69) is 22.2 Å². The summed E-state index contributed by atoms with van der Waals surface area (Å²) < 4.78 is 27.2.